The van der Waals surface area contributed by atoms with Crippen molar-refractivity contribution in [1.29, 1.82) is 0 Å². The molecule has 0 amide bonds. The van der Waals surface area contributed by atoms with E-state index in [1.54, 1.807) is 12.1 Å². The van der Waals surface area contributed by atoms with Gasteiger partial charge >= 0.3 is 0 Å². The van der Waals surface area contributed by atoms with Gasteiger partial charge in [0.2, 0.25) is 0 Å². The molecule has 1 aromatic heterocycles. The topological polar surface area (TPSA) is 60.2 Å². The molecule has 4 nitrogen and oxygen atoms in total. The van der Waals surface area contributed by atoms with Gasteiger partial charge in [-0.05, 0) is 30.3 Å². The van der Waals surface area contributed by atoms with Gasteiger partial charge in [0.05, 0.1) is 0 Å². The Labute approximate surface area is 137 Å². The second-order valence-corrected chi connectivity index (χ2v) is 5.54. The predicted octanol–water partition coefficient (Wildman–Crippen LogP) is 4.41. The summed E-state index contributed by atoms with van der Waals surface area (Å²) in [5.74, 6) is 6.65. The zero-order valence-electron chi connectivity index (χ0n) is 11.5. The van der Waals surface area contributed by atoms with Gasteiger partial charge in [-0.3, -0.25) is 0 Å². The van der Waals surface area contributed by atoms with E-state index >= 15 is 0 Å². The first-order valence-electron chi connectivity index (χ1n) is 6.60. The summed E-state index contributed by atoms with van der Waals surface area (Å²) < 4.78 is 5.87. The summed E-state index contributed by atoms with van der Waals surface area (Å²) >= 11 is 12.0. The van der Waals surface area contributed by atoms with Crippen LogP contribution >= 0.6 is 23.2 Å². The van der Waals surface area contributed by atoms with E-state index in [-0.39, 0.29) is 0 Å². The summed E-state index contributed by atoms with van der Waals surface area (Å²) in [6.07, 6.45) is 0. The molecule has 1 heterocycles. The maximum atomic E-state index is 6.16. The van der Waals surface area contributed by atoms with Gasteiger partial charge in [-0.25, -0.2) is 10.8 Å². The minimum absolute atomic E-state index is 0.330. The van der Waals surface area contributed by atoms with E-state index in [9.17, 15) is 0 Å². The van der Waals surface area contributed by atoms with E-state index < -0.39 is 0 Å². The summed E-state index contributed by atoms with van der Waals surface area (Å²) in [4.78, 5) is 4.43. The lowest BCUT2D eigenvalue weighted by Gasteiger charge is -2.11. The first-order valence-corrected chi connectivity index (χ1v) is 7.36. The Hall–Kier alpha value is -2.01. The third-order valence-corrected chi connectivity index (χ3v) is 3.82. The van der Waals surface area contributed by atoms with E-state index in [4.69, 9.17) is 33.8 Å². The normalized spacial score (nSPS) is 10.7. The summed E-state index contributed by atoms with van der Waals surface area (Å²) in [7, 11) is 0. The van der Waals surface area contributed by atoms with Gasteiger partial charge in [-0.2, -0.15) is 0 Å². The van der Waals surface area contributed by atoms with Crippen LogP contribution < -0.4 is 16.0 Å². The zero-order chi connectivity index (χ0) is 15.5. The molecule has 0 saturated carbocycles. The predicted molar refractivity (Wildman–Crippen MR) is 90.3 cm³/mol. The van der Waals surface area contributed by atoms with Crippen LogP contribution in [0.15, 0.2) is 48.5 Å². The van der Waals surface area contributed by atoms with E-state index in [0.717, 1.165) is 16.5 Å². The molecular weight excluding hydrogens is 321 g/mol. The highest BCUT2D eigenvalue weighted by atomic mass is 35.5. The van der Waals surface area contributed by atoms with Crippen LogP contribution in [0.25, 0.3) is 10.9 Å². The maximum absolute atomic E-state index is 6.16. The molecule has 22 heavy (non-hydrogen) atoms. The van der Waals surface area contributed by atoms with Gasteiger partial charge in [-0.15, -0.1) is 0 Å². The molecule has 3 N–H and O–H groups in total. The quantitative estimate of drug-likeness (QED) is 0.548. The lowest BCUT2D eigenvalue weighted by Crippen LogP contribution is -2.08. The molecule has 0 aliphatic carbocycles. The number of hydrogen-bond acceptors (Lipinski definition) is 4. The number of ether oxygens (including phenoxy) is 1. The van der Waals surface area contributed by atoms with E-state index in [0.29, 0.717) is 28.2 Å². The lowest BCUT2D eigenvalue weighted by atomic mass is 10.2. The van der Waals surface area contributed by atoms with Crippen LogP contribution in [0.3, 0.4) is 0 Å². The highest BCUT2D eigenvalue weighted by Gasteiger charge is 2.07. The molecule has 0 atom stereocenters. The van der Waals surface area contributed by atoms with Crippen LogP contribution in [0.1, 0.15) is 5.56 Å². The Kier molecular flexibility index (Phi) is 4.34. The Morgan fingerprint density at radius 3 is 2.73 bits per heavy atom. The van der Waals surface area contributed by atoms with Gasteiger partial charge in [0.1, 0.15) is 23.7 Å². The summed E-state index contributed by atoms with van der Waals surface area (Å²) in [5, 5.41) is 2.14. The number of nitrogens with zero attached hydrogens (tertiary/aromatic N) is 1. The van der Waals surface area contributed by atoms with Crippen molar-refractivity contribution in [2.45, 2.75) is 6.61 Å². The standard InChI is InChI=1S/C16H13Cl2N3O/c17-12-6-4-11(13(18)8-12)9-22-14-3-1-2-10-5-7-15(21-19)20-16(10)14/h1-8H,9,19H2,(H,20,21). The van der Waals surface area contributed by atoms with E-state index in [2.05, 4.69) is 10.4 Å². The number of hydrogen-bond donors (Lipinski definition) is 2. The average molecular weight is 334 g/mol. The fourth-order valence-electron chi connectivity index (χ4n) is 2.11. The van der Waals surface area contributed by atoms with Crippen LogP contribution in [0.5, 0.6) is 5.75 Å². The molecule has 0 spiro atoms. The van der Waals surface area contributed by atoms with Crippen LogP contribution in [-0.4, -0.2) is 4.98 Å². The molecule has 0 fully saturated rings. The fourth-order valence-corrected chi connectivity index (χ4v) is 2.57. The number of anilines is 1. The van der Waals surface area contributed by atoms with Crippen LogP contribution in [0.4, 0.5) is 5.82 Å². The minimum atomic E-state index is 0.330. The average Bonchev–Trinajstić information content (AvgIpc) is 2.53. The number of hydrazine groups is 1. The second kappa shape index (κ2) is 6.40. The zero-order valence-corrected chi connectivity index (χ0v) is 13.0. The number of nitrogens with one attached hydrogen (secondary N) is 1. The number of para-hydroxylation sites is 1. The molecule has 6 heteroatoms. The first-order chi connectivity index (χ1) is 10.7. The number of nitrogens with two attached hydrogens (primary N) is 1. The summed E-state index contributed by atoms with van der Waals surface area (Å²) in [6, 6.07) is 14.8. The highest BCUT2D eigenvalue weighted by Crippen LogP contribution is 2.27. The van der Waals surface area contributed by atoms with Crippen molar-refractivity contribution in [3.8, 4) is 5.75 Å². The van der Waals surface area contributed by atoms with Crippen LogP contribution in [-0.2, 0) is 6.61 Å². The molecule has 2 aromatic carbocycles. The van der Waals surface area contributed by atoms with Gasteiger partial charge in [0.25, 0.3) is 0 Å². The van der Waals surface area contributed by atoms with Gasteiger partial charge in [0, 0.05) is 21.0 Å². The second-order valence-electron chi connectivity index (χ2n) is 4.69. The van der Waals surface area contributed by atoms with Gasteiger partial charge in [0.15, 0.2) is 0 Å². The molecule has 0 bridgehead atoms. The fraction of sp³-hybridized carbons (Fsp3) is 0.0625. The minimum Gasteiger partial charge on any atom is -0.487 e. The SMILES string of the molecule is NNc1ccc2cccc(OCc3ccc(Cl)cc3Cl)c2n1. The van der Waals surface area contributed by atoms with Crippen molar-refractivity contribution < 1.29 is 4.74 Å². The molecule has 0 aliphatic rings. The van der Waals surface area contributed by atoms with Crippen molar-refractivity contribution in [1.82, 2.24) is 4.98 Å². The molecule has 0 aliphatic heterocycles. The maximum Gasteiger partial charge on any atom is 0.146 e. The summed E-state index contributed by atoms with van der Waals surface area (Å²) in [6.45, 7) is 0.330. The van der Waals surface area contributed by atoms with Gasteiger partial charge < -0.3 is 10.2 Å². The van der Waals surface area contributed by atoms with E-state index in [1.807, 2.05) is 36.4 Å². The lowest BCUT2D eigenvalue weighted by molar-refractivity contribution is 0.309. The molecule has 3 rings (SSSR count). The largest absolute Gasteiger partial charge is 0.487 e. The van der Waals surface area contributed by atoms with Crippen molar-refractivity contribution >= 4 is 39.9 Å². The number of benzene rings is 2. The number of pyridine rings is 1. The number of rotatable bonds is 4. The molecule has 0 saturated heterocycles. The Balaban J connectivity index is 1.90. The molecule has 112 valence electrons. The third-order valence-electron chi connectivity index (χ3n) is 3.23. The van der Waals surface area contributed by atoms with Crippen molar-refractivity contribution in [3.63, 3.8) is 0 Å². The van der Waals surface area contributed by atoms with Crippen LogP contribution in [0, 0.1) is 0 Å². The number of nitrogen functional groups attached to an aromatic ring is 1. The summed E-state index contributed by atoms with van der Waals surface area (Å²) in [5.41, 5.74) is 4.13. The van der Waals surface area contributed by atoms with Crippen molar-refractivity contribution in [2.24, 2.45) is 5.84 Å². The molecule has 0 radical (unpaired) electrons. The Morgan fingerprint density at radius 2 is 1.95 bits per heavy atom. The van der Waals surface area contributed by atoms with E-state index in [1.165, 1.54) is 0 Å². The molecule has 0 unspecified atom stereocenters. The third kappa shape index (κ3) is 3.09. The number of fused-ring (bicyclic) bond motifs is 1. The van der Waals surface area contributed by atoms with Gasteiger partial charge in [-0.1, -0.05) is 41.4 Å². The molecule has 3 aromatic rings. The highest BCUT2D eigenvalue weighted by molar-refractivity contribution is 6.35. The first kappa shape index (κ1) is 14.9. The Morgan fingerprint density at radius 1 is 1.09 bits per heavy atom. The van der Waals surface area contributed by atoms with Crippen molar-refractivity contribution in [3.05, 3.63) is 64.1 Å². The smallest absolute Gasteiger partial charge is 0.146 e. The number of aromatic nitrogens is 1. The van der Waals surface area contributed by atoms with Crippen molar-refractivity contribution in [2.75, 3.05) is 5.43 Å². The van der Waals surface area contributed by atoms with Crippen LogP contribution in [0.2, 0.25) is 10.0 Å². The molecular formula is C16H13Cl2N3O. The Bertz CT molecular complexity index is 824. The monoisotopic (exact) mass is 333 g/mol. The number of halogens is 2.